The lowest BCUT2D eigenvalue weighted by Crippen LogP contribution is -2.57. The number of carbonyl (C=O) groups is 1. The highest BCUT2D eigenvalue weighted by molar-refractivity contribution is 7.89. The lowest BCUT2D eigenvalue weighted by atomic mass is 9.96. The second-order valence-corrected chi connectivity index (χ2v) is 10.6. The van der Waals surface area contributed by atoms with Gasteiger partial charge in [-0.25, -0.2) is 8.42 Å². The van der Waals surface area contributed by atoms with Crippen LogP contribution in [0.1, 0.15) is 26.2 Å². The van der Waals surface area contributed by atoms with Crippen LogP contribution in [0.5, 0.6) is 11.5 Å². The fourth-order valence-electron chi connectivity index (χ4n) is 4.49. The summed E-state index contributed by atoms with van der Waals surface area (Å²) < 4.78 is 46.2. The van der Waals surface area contributed by atoms with E-state index in [1.807, 2.05) is 37.3 Å². The third-order valence-corrected chi connectivity index (χ3v) is 8.04. The molecule has 2 aliphatic heterocycles. The minimum Gasteiger partial charge on any atom is -0.457 e. The zero-order chi connectivity index (χ0) is 24.8. The van der Waals surface area contributed by atoms with Crippen LogP contribution < -0.4 is 10.1 Å². The Labute approximate surface area is 206 Å². The SMILES string of the molecule is CCNC(=O)C[C@@H]1CC[C@H]2[C@@H](COC[C@@H](O)CN2S(=O)(=O)c2ccc(Oc3ccccc3)cc2)O1. The number of hydrogen-bond donors (Lipinski definition) is 2. The number of β-amino-alcohol motifs (C(OH)–C–C–N with tert-alkyl or cyclic N) is 1. The summed E-state index contributed by atoms with van der Waals surface area (Å²) >= 11 is 0. The van der Waals surface area contributed by atoms with Crippen molar-refractivity contribution >= 4 is 15.9 Å². The first kappa shape index (κ1) is 25.6. The third kappa shape index (κ3) is 6.39. The van der Waals surface area contributed by atoms with Gasteiger partial charge in [-0.2, -0.15) is 4.31 Å². The lowest BCUT2D eigenvalue weighted by Gasteiger charge is -2.43. The molecule has 2 N–H and O–H groups in total. The molecule has 1 amide bonds. The number of para-hydroxylation sites is 1. The molecule has 0 spiro atoms. The summed E-state index contributed by atoms with van der Waals surface area (Å²) in [4.78, 5) is 12.1. The Balaban J connectivity index is 1.52. The Morgan fingerprint density at radius 2 is 1.80 bits per heavy atom. The molecule has 2 heterocycles. The number of amides is 1. The molecular formula is C25H32N2O7S. The van der Waals surface area contributed by atoms with E-state index in [4.69, 9.17) is 14.2 Å². The molecule has 10 heteroatoms. The van der Waals surface area contributed by atoms with Crippen LogP contribution in [0.2, 0.25) is 0 Å². The maximum absolute atomic E-state index is 13.7. The van der Waals surface area contributed by atoms with Gasteiger partial charge in [0.25, 0.3) is 0 Å². The van der Waals surface area contributed by atoms with Gasteiger partial charge >= 0.3 is 0 Å². The number of benzene rings is 2. The fourth-order valence-corrected chi connectivity index (χ4v) is 6.20. The normalized spacial score (nSPS) is 25.7. The maximum atomic E-state index is 13.7. The van der Waals surface area contributed by atoms with E-state index in [1.165, 1.54) is 16.4 Å². The van der Waals surface area contributed by atoms with Gasteiger partial charge in [-0.3, -0.25) is 4.79 Å². The van der Waals surface area contributed by atoms with Crippen molar-refractivity contribution in [2.75, 3.05) is 26.3 Å². The van der Waals surface area contributed by atoms with Crippen molar-refractivity contribution in [3.8, 4) is 11.5 Å². The van der Waals surface area contributed by atoms with Crippen LogP contribution in [0.3, 0.4) is 0 Å². The van der Waals surface area contributed by atoms with Crippen LogP contribution in [-0.4, -0.2) is 74.4 Å². The standard InChI is InChI=1S/C25H32N2O7S/c1-2-26-25(29)14-21-10-13-23-24(34-21)17-32-16-18(28)15-27(23)35(30,31)22-11-8-20(9-12-22)33-19-6-4-3-5-7-19/h3-9,11-12,18,21,23-24,28H,2,10,13-17H2,1H3,(H,26,29)/t18-,21-,23-,24+/m0/s1. The molecule has 35 heavy (non-hydrogen) atoms. The number of hydrogen-bond acceptors (Lipinski definition) is 7. The summed E-state index contributed by atoms with van der Waals surface area (Å²) in [5.41, 5.74) is 0. The highest BCUT2D eigenvalue weighted by Crippen LogP contribution is 2.32. The van der Waals surface area contributed by atoms with Gasteiger partial charge in [-0.05, 0) is 56.2 Å². The van der Waals surface area contributed by atoms with Crippen molar-refractivity contribution < 1.29 is 32.5 Å². The Bertz CT molecular complexity index is 1080. The first-order valence-electron chi connectivity index (χ1n) is 11.9. The van der Waals surface area contributed by atoms with Crippen molar-refractivity contribution in [2.24, 2.45) is 0 Å². The van der Waals surface area contributed by atoms with E-state index >= 15 is 0 Å². The second-order valence-electron chi connectivity index (χ2n) is 8.75. The van der Waals surface area contributed by atoms with Gasteiger partial charge in [0.2, 0.25) is 15.9 Å². The Hall–Kier alpha value is -2.50. The molecule has 0 radical (unpaired) electrons. The van der Waals surface area contributed by atoms with Crippen molar-refractivity contribution in [2.45, 2.75) is 55.4 Å². The van der Waals surface area contributed by atoms with Crippen molar-refractivity contribution in [1.82, 2.24) is 9.62 Å². The van der Waals surface area contributed by atoms with E-state index in [9.17, 15) is 18.3 Å². The van der Waals surface area contributed by atoms with E-state index in [0.29, 0.717) is 30.9 Å². The molecule has 0 saturated carbocycles. The van der Waals surface area contributed by atoms with Crippen molar-refractivity contribution in [1.29, 1.82) is 0 Å². The summed E-state index contributed by atoms with van der Waals surface area (Å²) in [6.45, 7) is 2.44. The summed E-state index contributed by atoms with van der Waals surface area (Å²) in [6.07, 6.45) is -0.556. The molecule has 0 bridgehead atoms. The minimum absolute atomic E-state index is 0.00341. The van der Waals surface area contributed by atoms with Gasteiger partial charge in [0.15, 0.2) is 0 Å². The molecule has 2 saturated heterocycles. The molecule has 0 aromatic heterocycles. The van der Waals surface area contributed by atoms with Crippen LogP contribution in [0.15, 0.2) is 59.5 Å². The third-order valence-electron chi connectivity index (χ3n) is 6.13. The quantitative estimate of drug-likeness (QED) is 0.595. The van der Waals surface area contributed by atoms with E-state index in [1.54, 1.807) is 12.1 Å². The van der Waals surface area contributed by atoms with E-state index < -0.39 is 28.3 Å². The van der Waals surface area contributed by atoms with Crippen molar-refractivity contribution in [3.05, 3.63) is 54.6 Å². The van der Waals surface area contributed by atoms with Gasteiger partial charge in [-0.1, -0.05) is 18.2 Å². The van der Waals surface area contributed by atoms with Crippen LogP contribution in [-0.2, 0) is 24.3 Å². The van der Waals surface area contributed by atoms with E-state index in [2.05, 4.69) is 5.32 Å². The lowest BCUT2D eigenvalue weighted by molar-refractivity contribution is -0.146. The molecule has 2 aliphatic rings. The van der Waals surface area contributed by atoms with Gasteiger partial charge < -0.3 is 24.6 Å². The smallest absolute Gasteiger partial charge is 0.243 e. The zero-order valence-electron chi connectivity index (χ0n) is 19.7. The topological polar surface area (TPSA) is 114 Å². The van der Waals surface area contributed by atoms with Crippen LogP contribution in [0.25, 0.3) is 0 Å². The largest absolute Gasteiger partial charge is 0.457 e. The molecule has 2 fully saturated rings. The summed E-state index contributed by atoms with van der Waals surface area (Å²) in [5, 5.41) is 13.1. The Morgan fingerprint density at radius 1 is 1.09 bits per heavy atom. The summed E-state index contributed by atoms with van der Waals surface area (Å²) in [5.74, 6) is 1.07. The number of fused-ring (bicyclic) bond motifs is 1. The zero-order valence-corrected chi connectivity index (χ0v) is 20.5. The van der Waals surface area contributed by atoms with Gasteiger partial charge in [0.1, 0.15) is 11.5 Å². The second kappa shape index (κ2) is 11.5. The molecule has 2 aromatic carbocycles. The first-order chi connectivity index (χ1) is 16.9. The highest BCUT2D eigenvalue weighted by atomic mass is 32.2. The highest BCUT2D eigenvalue weighted by Gasteiger charge is 2.43. The van der Waals surface area contributed by atoms with E-state index in [0.717, 1.165) is 0 Å². The summed E-state index contributed by atoms with van der Waals surface area (Å²) in [7, 11) is -3.94. The molecule has 0 aliphatic carbocycles. The maximum Gasteiger partial charge on any atom is 0.243 e. The van der Waals surface area contributed by atoms with Crippen LogP contribution in [0.4, 0.5) is 0 Å². The summed E-state index contributed by atoms with van der Waals surface area (Å²) in [6, 6.07) is 15.0. The number of carbonyl (C=O) groups excluding carboxylic acids is 1. The molecule has 4 rings (SSSR count). The number of rotatable bonds is 7. The van der Waals surface area contributed by atoms with Gasteiger partial charge in [0, 0.05) is 13.1 Å². The average molecular weight is 505 g/mol. The number of nitrogens with zero attached hydrogens (tertiary/aromatic N) is 1. The van der Waals surface area contributed by atoms with Crippen LogP contribution in [0, 0.1) is 0 Å². The number of aliphatic hydroxyl groups excluding tert-OH is 1. The monoisotopic (exact) mass is 504 g/mol. The molecule has 0 unspecified atom stereocenters. The number of ether oxygens (including phenoxy) is 3. The van der Waals surface area contributed by atoms with E-state index in [-0.39, 0.29) is 43.1 Å². The fraction of sp³-hybridized carbons (Fsp3) is 0.480. The Kier molecular flexibility index (Phi) is 8.40. The number of aliphatic hydroxyl groups is 1. The molecule has 4 atom stereocenters. The van der Waals surface area contributed by atoms with Crippen molar-refractivity contribution in [3.63, 3.8) is 0 Å². The number of nitrogens with one attached hydrogen (secondary N) is 1. The van der Waals surface area contributed by atoms with Crippen LogP contribution >= 0.6 is 0 Å². The van der Waals surface area contributed by atoms with Gasteiger partial charge in [0.05, 0.1) is 48.9 Å². The molecular weight excluding hydrogens is 472 g/mol. The predicted octanol–water partition coefficient (Wildman–Crippen LogP) is 2.30. The Morgan fingerprint density at radius 3 is 2.51 bits per heavy atom. The first-order valence-corrected chi connectivity index (χ1v) is 13.3. The van der Waals surface area contributed by atoms with Gasteiger partial charge in [-0.15, -0.1) is 0 Å². The number of sulfonamides is 1. The average Bonchev–Trinajstić information content (AvgIpc) is 2.83. The molecule has 9 nitrogen and oxygen atoms in total. The molecule has 2 aromatic rings. The molecule has 190 valence electrons. The predicted molar refractivity (Wildman–Crippen MR) is 129 cm³/mol. The minimum atomic E-state index is -3.94.